The maximum absolute atomic E-state index is 12.2. The monoisotopic (exact) mass is 317 g/mol. The standard InChI is InChI=1S/C13H19NO6S/c1-5-8(2)20-13(15)11-9(18-3)6-7-10(12(11)19-4)21(14,16)17/h6-8H,5H2,1-4H3,(H2,14,16,17). The van der Waals surface area contributed by atoms with E-state index < -0.39 is 16.0 Å². The maximum atomic E-state index is 12.2. The zero-order chi connectivity index (χ0) is 16.2. The highest BCUT2D eigenvalue weighted by atomic mass is 32.2. The molecule has 0 aliphatic heterocycles. The Morgan fingerprint density at radius 3 is 2.33 bits per heavy atom. The van der Waals surface area contributed by atoms with Gasteiger partial charge >= 0.3 is 5.97 Å². The third-order valence-corrected chi connectivity index (χ3v) is 3.84. The summed E-state index contributed by atoms with van der Waals surface area (Å²) in [5, 5.41) is 5.12. The first kappa shape index (κ1) is 17.3. The van der Waals surface area contributed by atoms with Gasteiger partial charge in [-0.3, -0.25) is 0 Å². The van der Waals surface area contributed by atoms with E-state index in [2.05, 4.69) is 0 Å². The van der Waals surface area contributed by atoms with E-state index in [0.717, 1.165) is 0 Å². The van der Waals surface area contributed by atoms with Gasteiger partial charge in [-0.15, -0.1) is 0 Å². The zero-order valence-corrected chi connectivity index (χ0v) is 13.2. The molecule has 1 rings (SSSR count). The fourth-order valence-corrected chi connectivity index (χ4v) is 2.36. The van der Waals surface area contributed by atoms with Gasteiger partial charge in [0.05, 0.1) is 20.3 Å². The second-order valence-electron chi connectivity index (χ2n) is 4.34. The number of sulfonamides is 1. The van der Waals surface area contributed by atoms with E-state index in [1.807, 2.05) is 6.92 Å². The van der Waals surface area contributed by atoms with E-state index in [-0.39, 0.29) is 28.1 Å². The molecule has 1 aromatic rings. The van der Waals surface area contributed by atoms with Crippen LogP contribution in [0.1, 0.15) is 30.6 Å². The first-order chi connectivity index (χ1) is 9.76. The van der Waals surface area contributed by atoms with Crippen LogP contribution in [0.25, 0.3) is 0 Å². The van der Waals surface area contributed by atoms with Gasteiger partial charge in [-0.1, -0.05) is 6.92 Å². The Labute approximate surface area is 124 Å². The van der Waals surface area contributed by atoms with Gasteiger partial charge in [0.2, 0.25) is 10.0 Å². The normalized spacial score (nSPS) is 12.6. The average molecular weight is 317 g/mol. The Balaban J connectivity index is 3.49. The Morgan fingerprint density at radius 1 is 1.29 bits per heavy atom. The van der Waals surface area contributed by atoms with E-state index in [9.17, 15) is 13.2 Å². The Hall–Kier alpha value is -1.80. The van der Waals surface area contributed by atoms with Gasteiger partial charge in [0, 0.05) is 0 Å². The Bertz CT molecular complexity index is 626. The number of rotatable bonds is 6. The summed E-state index contributed by atoms with van der Waals surface area (Å²) in [6.07, 6.45) is 0.288. The molecule has 0 aromatic heterocycles. The first-order valence-corrected chi connectivity index (χ1v) is 7.79. The van der Waals surface area contributed by atoms with Crippen molar-refractivity contribution >= 4 is 16.0 Å². The molecule has 1 aromatic carbocycles. The van der Waals surface area contributed by atoms with Gasteiger partial charge in [0.1, 0.15) is 16.2 Å². The lowest BCUT2D eigenvalue weighted by Gasteiger charge is -2.17. The minimum Gasteiger partial charge on any atom is -0.496 e. The zero-order valence-electron chi connectivity index (χ0n) is 12.4. The smallest absolute Gasteiger partial charge is 0.346 e. The number of hydrogen-bond acceptors (Lipinski definition) is 6. The molecule has 8 heteroatoms. The van der Waals surface area contributed by atoms with Crippen LogP contribution in [-0.4, -0.2) is 34.7 Å². The molecule has 2 N–H and O–H groups in total. The number of primary sulfonamides is 1. The predicted molar refractivity (Wildman–Crippen MR) is 76.1 cm³/mol. The molecule has 0 heterocycles. The largest absolute Gasteiger partial charge is 0.496 e. The summed E-state index contributed by atoms with van der Waals surface area (Å²) in [6.45, 7) is 3.58. The Kier molecular flexibility index (Phi) is 5.56. The summed E-state index contributed by atoms with van der Waals surface area (Å²) in [4.78, 5) is 11.9. The van der Waals surface area contributed by atoms with Crippen molar-refractivity contribution in [3.05, 3.63) is 17.7 Å². The number of carbonyl (C=O) groups is 1. The molecule has 1 unspecified atom stereocenters. The molecular weight excluding hydrogens is 298 g/mol. The SMILES string of the molecule is CCC(C)OC(=O)c1c(OC)ccc(S(N)(=O)=O)c1OC. The topological polar surface area (TPSA) is 105 Å². The van der Waals surface area contributed by atoms with Gasteiger partial charge in [0.25, 0.3) is 0 Å². The molecule has 0 saturated heterocycles. The van der Waals surface area contributed by atoms with E-state index in [4.69, 9.17) is 19.3 Å². The maximum Gasteiger partial charge on any atom is 0.346 e. The van der Waals surface area contributed by atoms with Crippen molar-refractivity contribution in [2.75, 3.05) is 14.2 Å². The molecule has 118 valence electrons. The number of benzene rings is 1. The summed E-state index contributed by atoms with van der Waals surface area (Å²) in [5.74, 6) is -0.777. The lowest BCUT2D eigenvalue weighted by Crippen LogP contribution is -2.19. The molecule has 21 heavy (non-hydrogen) atoms. The Morgan fingerprint density at radius 2 is 1.90 bits per heavy atom. The quantitative estimate of drug-likeness (QED) is 0.793. The second kappa shape index (κ2) is 6.77. The van der Waals surface area contributed by atoms with Gasteiger partial charge in [0.15, 0.2) is 5.75 Å². The second-order valence-corrected chi connectivity index (χ2v) is 5.87. The molecule has 0 saturated carbocycles. The molecule has 0 spiro atoms. The highest BCUT2D eigenvalue weighted by Gasteiger charge is 2.27. The van der Waals surface area contributed by atoms with Crippen molar-refractivity contribution in [1.82, 2.24) is 0 Å². The lowest BCUT2D eigenvalue weighted by molar-refractivity contribution is 0.0327. The van der Waals surface area contributed by atoms with E-state index >= 15 is 0 Å². The van der Waals surface area contributed by atoms with E-state index in [1.54, 1.807) is 6.92 Å². The van der Waals surface area contributed by atoms with Crippen molar-refractivity contribution in [2.24, 2.45) is 5.14 Å². The van der Waals surface area contributed by atoms with Crippen molar-refractivity contribution in [2.45, 2.75) is 31.3 Å². The molecule has 0 aliphatic rings. The third-order valence-electron chi connectivity index (χ3n) is 2.90. The van der Waals surface area contributed by atoms with Gasteiger partial charge in [-0.05, 0) is 25.5 Å². The highest BCUT2D eigenvalue weighted by molar-refractivity contribution is 7.89. The average Bonchev–Trinajstić information content (AvgIpc) is 2.43. The highest BCUT2D eigenvalue weighted by Crippen LogP contribution is 2.35. The number of carbonyl (C=O) groups excluding carboxylic acids is 1. The van der Waals surface area contributed by atoms with Crippen LogP contribution in [0.2, 0.25) is 0 Å². The van der Waals surface area contributed by atoms with Crippen molar-refractivity contribution in [1.29, 1.82) is 0 Å². The lowest BCUT2D eigenvalue weighted by atomic mass is 10.1. The summed E-state index contributed by atoms with van der Waals surface area (Å²) in [6, 6.07) is 2.54. The molecule has 0 radical (unpaired) electrons. The van der Waals surface area contributed by atoms with Crippen LogP contribution in [0.5, 0.6) is 11.5 Å². The van der Waals surface area contributed by atoms with Crippen molar-refractivity contribution in [3.8, 4) is 11.5 Å². The van der Waals surface area contributed by atoms with Crippen LogP contribution in [0.15, 0.2) is 17.0 Å². The fourth-order valence-electron chi connectivity index (χ4n) is 1.66. The molecule has 0 bridgehead atoms. The third kappa shape index (κ3) is 3.85. The van der Waals surface area contributed by atoms with E-state index in [1.165, 1.54) is 26.4 Å². The van der Waals surface area contributed by atoms with Gasteiger partial charge in [-0.25, -0.2) is 18.4 Å². The molecule has 0 amide bonds. The molecular formula is C13H19NO6S. The number of methoxy groups -OCH3 is 2. The van der Waals surface area contributed by atoms with Crippen LogP contribution < -0.4 is 14.6 Å². The minimum atomic E-state index is -4.05. The number of nitrogens with two attached hydrogens (primary N) is 1. The summed E-state index contributed by atoms with van der Waals surface area (Å²) in [5.41, 5.74) is -0.105. The van der Waals surface area contributed by atoms with Crippen molar-refractivity contribution in [3.63, 3.8) is 0 Å². The number of ether oxygens (including phenoxy) is 3. The fraction of sp³-hybridized carbons (Fsp3) is 0.462. The van der Waals surface area contributed by atoms with Crippen LogP contribution in [0.4, 0.5) is 0 Å². The summed E-state index contributed by atoms with van der Waals surface area (Å²) >= 11 is 0. The molecule has 0 fully saturated rings. The van der Waals surface area contributed by atoms with Crippen LogP contribution in [0, 0.1) is 0 Å². The van der Waals surface area contributed by atoms with E-state index in [0.29, 0.717) is 6.42 Å². The number of hydrogen-bond donors (Lipinski definition) is 1. The van der Waals surface area contributed by atoms with Crippen LogP contribution in [0.3, 0.4) is 0 Å². The summed E-state index contributed by atoms with van der Waals surface area (Å²) < 4.78 is 38.5. The summed E-state index contributed by atoms with van der Waals surface area (Å²) in [7, 11) is -1.46. The molecule has 0 aliphatic carbocycles. The van der Waals surface area contributed by atoms with Crippen LogP contribution in [-0.2, 0) is 14.8 Å². The van der Waals surface area contributed by atoms with Gasteiger partial charge < -0.3 is 14.2 Å². The van der Waals surface area contributed by atoms with Crippen molar-refractivity contribution < 1.29 is 27.4 Å². The molecule has 1 atom stereocenters. The molecule has 7 nitrogen and oxygen atoms in total. The predicted octanol–water partition coefficient (Wildman–Crippen LogP) is 1.31. The van der Waals surface area contributed by atoms with Crippen LogP contribution >= 0.6 is 0 Å². The number of esters is 1. The minimum absolute atomic E-state index is 0.105. The van der Waals surface area contributed by atoms with Gasteiger partial charge in [-0.2, -0.15) is 0 Å². The first-order valence-electron chi connectivity index (χ1n) is 6.25.